The molecule has 0 radical (unpaired) electrons. The first-order chi connectivity index (χ1) is 16.1. The Morgan fingerprint density at radius 2 is 1.82 bits per heavy atom. The van der Waals surface area contributed by atoms with Crippen LogP contribution in [0.2, 0.25) is 0 Å². The van der Waals surface area contributed by atoms with Gasteiger partial charge in [0.05, 0.1) is 18.8 Å². The number of carboxylic acids is 1. The summed E-state index contributed by atoms with van der Waals surface area (Å²) in [4.78, 5) is 14.5. The summed E-state index contributed by atoms with van der Waals surface area (Å²) in [5, 5.41) is 26.3. The normalized spacial score (nSPS) is 19.1. The fourth-order valence-corrected chi connectivity index (χ4v) is 5.92. The number of hydrogen-bond acceptors (Lipinski definition) is 6. The topological polar surface area (TPSA) is 82.0 Å². The summed E-state index contributed by atoms with van der Waals surface area (Å²) in [6.45, 7) is 3.14. The summed E-state index contributed by atoms with van der Waals surface area (Å²) >= 11 is 1.35. The molecular formula is C26H28N2O4S. The Morgan fingerprint density at radius 1 is 1.09 bits per heavy atom. The third-order valence-corrected chi connectivity index (χ3v) is 7.60. The van der Waals surface area contributed by atoms with E-state index in [0.717, 1.165) is 56.8 Å². The van der Waals surface area contributed by atoms with Crippen LogP contribution >= 0.6 is 11.3 Å². The number of anilines is 2. The van der Waals surface area contributed by atoms with Gasteiger partial charge in [0.25, 0.3) is 0 Å². The van der Waals surface area contributed by atoms with E-state index in [1.54, 1.807) is 0 Å². The van der Waals surface area contributed by atoms with Crippen LogP contribution in [0.25, 0.3) is 0 Å². The molecule has 2 heterocycles. The summed E-state index contributed by atoms with van der Waals surface area (Å²) < 4.78 is 5.40. The molecule has 1 aliphatic heterocycles. The van der Waals surface area contributed by atoms with E-state index in [9.17, 15) is 15.0 Å². The Balaban J connectivity index is 1.32. The highest BCUT2D eigenvalue weighted by molar-refractivity contribution is 7.14. The zero-order valence-corrected chi connectivity index (χ0v) is 19.2. The van der Waals surface area contributed by atoms with Gasteiger partial charge in [-0.05, 0) is 59.4 Å². The molecule has 3 N–H and O–H groups in total. The van der Waals surface area contributed by atoms with Gasteiger partial charge in [0, 0.05) is 24.3 Å². The number of nitrogens with one attached hydrogen (secondary N) is 1. The molecule has 1 fully saturated rings. The Labute approximate surface area is 197 Å². The number of aliphatic hydroxyl groups is 1. The van der Waals surface area contributed by atoms with E-state index in [2.05, 4.69) is 28.4 Å². The molecule has 0 bridgehead atoms. The number of hydrogen-bond donors (Lipinski definition) is 3. The number of thiophene rings is 1. The molecule has 3 aromatic rings. The van der Waals surface area contributed by atoms with Crippen LogP contribution in [0, 0.1) is 0 Å². The minimum Gasteiger partial charge on any atom is -0.478 e. The molecule has 1 aliphatic carbocycles. The van der Waals surface area contributed by atoms with Crippen LogP contribution in [0.3, 0.4) is 0 Å². The van der Waals surface area contributed by atoms with Crippen molar-refractivity contribution in [3.05, 3.63) is 81.7 Å². The number of ether oxygens (including phenoxy) is 1. The number of aromatic carboxylic acids is 1. The fourth-order valence-electron chi connectivity index (χ4n) is 4.86. The highest BCUT2D eigenvalue weighted by Crippen LogP contribution is 2.40. The van der Waals surface area contributed by atoms with Gasteiger partial charge in [-0.1, -0.05) is 36.4 Å². The lowest BCUT2D eigenvalue weighted by molar-refractivity contribution is 0.0696. The minimum atomic E-state index is -0.986. The Bertz CT molecular complexity index is 1120. The maximum Gasteiger partial charge on any atom is 0.338 e. The maximum absolute atomic E-state index is 12.2. The number of fused-ring (bicyclic) bond motifs is 1. The molecule has 7 heteroatoms. The quantitative estimate of drug-likeness (QED) is 0.461. The van der Waals surface area contributed by atoms with Gasteiger partial charge in [0.1, 0.15) is 5.00 Å². The van der Waals surface area contributed by atoms with Crippen molar-refractivity contribution in [3.8, 4) is 0 Å². The summed E-state index contributed by atoms with van der Waals surface area (Å²) in [5.74, 6) is -0.787. The molecule has 33 heavy (non-hydrogen) atoms. The molecule has 1 aromatic heterocycles. The monoisotopic (exact) mass is 464 g/mol. The number of nitrogens with zero attached hydrogens (tertiary/aromatic N) is 1. The third-order valence-electron chi connectivity index (χ3n) is 6.67. The van der Waals surface area contributed by atoms with Crippen molar-refractivity contribution in [3.63, 3.8) is 0 Å². The highest BCUT2D eigenvalue weighted by Gasteiger charge is 2.28. The van der Waals surface area contributed by atoms with Gasteiger partial charge < -0.3 is 25.2 Å². The fraction of sp³-hybridized carbons (Fsp3) is 0.346. The first kappa shape index (κ1) is 21.9. The second-order valence-electron chi connectivity index (χ2n) is 8.65. The molecular weight excluding hydrogens is 436 g/mol. The van der Waals surface area contributed by atoms with Crippen molar-refractivity contribution >= 4 is 28.0 Å². The molecule has 5 rings (SSSR count). The predicted molar refractivity (Wildman–Crippen MR) is 131 cm³/mol. The van der Waals surface area contributed by atoms with Crippen LogP contribution in [0.4, 0.5) is 10.7 Å². The number of rotatable bonds is 6. The van der Waals surface area contributed by atoms with Crippen molar-refractivity contribution in [2.45, 2.75) is 31.4 Å². The molecule has 0 spiro atoms. The molecule has 6 nitrogen and oxygen atoms in total. The second kappa shape index (κ2) is 9.55. The van der Waals surface area contributed by atoms with E-state index >= 15 is 0 Å². The number of aryl methyl sites for hydroxylation is 1. The van der Waals surface area contributed by atoms with Crippen molar-refractivity contribution in [1.29, 1.82) is 0 Å². The van der Waals surface area contributed by atoms with Crippen molar-refractivity contribution in [1.82, 2.24) is 0 Å². The molecule has 172 valence electrons. The number of benzene rings is 2. The summed E-state index contributed by atoms with van der Waals surface area (Å²) in [5.41, 5.74) is 5.59. The van der Waals surface area contributed by atoms with Crippen LogP contribution < -0.4 is 10.2 Å². The number of carboxylic acid groups (broad SMARTS) is 1. The molecule has 0 amide bonds. The third kappa shape index (κ3) is 4.62. The summed E-state index contributed by atoms with van der Waals surface area (Å²) in [7, 11) is 0. The highest BCUT2D eigenvalue weighted by atomic mass is 32.1. The van der Waals surface area contributed by atoms with E-state index in [1.807, 2.05) is 35.7 Å². The first-order valence-electron chi connectivity index (χ1n) is 11.4. The number of morpholine rings is 1. The summed E-state index contributed by atoms with van der Waals surface area (Å²) in [6, 6.07) is 16.1. The van der Waals surface area contributed by atoms with E-state index in [1.165, 1.54) is 22.5 Å². The van der Waals surface area contributed by atoms with Gasteiger partial charge in [0.15, 0.2) is 6.23 Å². The van der Waals surface area contributed by atoms with Crippen LogP contribution in [-0.2, 0) is 17.6 Å². The van der Waals surface area contributed by atoms with Gasteiger partial charge in [-0.2, -0.15) is 0 Å². The first-order valence-corrected chi connectivity index (χ1v) is 12.3. The lowest BCUT2D eigenvalue weighted by Crippen LogP contribution is -2.36. The molecule has 1 saturated heterocycles. The summed E-state index contributed by atoms with van der Waals surface area (Å²) in [6.07, 6.45) is 1.74. The smallest absolute Gasteiger partial charge is 0.338 e. The molecule has 2 aromatic carbocycles. The predicted octanol–water partition coefficient (Wildman–Crippen LogP) is 4.66. The average Bonchev–Trinajstić information content (AvgIpc) is 3.28. The second-order valence-corrected chi connectivity index (χ2v) is 9.53. The molecule has 0 saturated carbocycles. The molecule has 2 aliphatic rings. The van der Waals surface area contributed by atoms with Crippen molar-refractivity contribution in [2.75, 3.05) is 36.5 Å². The zero-order chi connectivity index (χ0) is 22.8. The van der Waals surface area contributed by atoms with Gasteiger partial charge in [0.2, 0.25) is 0 Å². The average molecular weight is 465 g/mol. The molecule has 2 atom stereocenters. The number of carbonyl (C=O) groups is 1. The largest absolute Gasteiger partial charge is 0.478 e. The lowest BCUT2D eigenvalue weighted by Gasteiger charge is -2.29. The SMILES string of the molecule is O=C(O)c1c(C2CCc3ccccc3C2)csc1NC(O)c1ccc(N2CCOCC2)cc1. The van der Waals surface area contributed by atoms with Crippen LogP contribution in [0.15, 0.2) is 53.9 Å². The van der Waals surface area contributed by atoms with Gasteiger partial charge >= 0.3 is 5.97 Å². The van der Waals surface area contributed by atoms with E-state index in [4.69, 9.17) is 4.74 Å². The van der Waals surface area contributed by atoms with Crippen LogP contribution in [0.1, 0.15) is 51.2 Å². The minimum absolute atomic E-state index is 0.169. The van der Waals surface area contributed by atoms with Gasteiger partial charge in [-0.15, -0.1) is 11.3 Å². The zero-order valence-electron chi connectivity index (χ0n) is 18.4. The van der Waals surface area contributed by atoms with Crippen LogP contribution in [-0.4, -0.2) is 42.5 Å². The van der Waals surface area contributed by atoms with Crippen LogP contribution in [0.5, 0.6) is 0 Å². The Morgan fingerprint density at radius 3 is 2.55 bits per heavy atom. The van der Waals surface area contributed by atoms with Gasteiger partial charge in [-0.25, -0.2) is 4.79 Å². The standard InChI is InChI=1S/C26H28N2O4S/c29-24(18-7-9-21(10-8-18)28-11-13-32-14-12-28)27-25-23(26(30)31)22(16-33-25)20-6-5-17-3-1-2-4-19(17)15-20/h1-4,7-10,16,20,24,27,29H,5-6,11-15H2,(H,30,31). The Hall–Kier alpha value is -2.87. The van der Waals surface area contributed by atoms with E-state index in [-0.39, 0.29) is 11.5 Å². The van der Waals surface area contributed by atoms with Crippen molar-refractivity contribution in [2.24, 2.45) is 0 Å². The molecule has 2 unspecified atom stereocenters. The maximum atomic E-state index is 12.2. The van der Waals surface area contributed by atoms with E-state index < -0.39 is 12.2 Å². The van der Waals surface area contributed by atoms with Crippen molar-refractivity contribution < 1.29 is 19.7 Å². The lowest BCUT2D eigenvalue weighted by atomic mass is 9.80. The Kier molecular flexibility index (Phi) is 6.35. The van der Waals surface area contributed by atoms with E-state index in [0.29, 0.717) is 10.6 Å². The number of aliphatic hydroxyl groups excluding tert-OH is 1. The van der Waals surface area contributed by atoms with Gasteiger partial charge in [-0.3, -0.25) is 0 Å².